The molecule has 0 aliphatic carbocycles. The van der Waals surface area contributed by atoms with E-state index in [1.807, 2.05) is 24.3 Å². The van der Waals surface area contributed by atoms with E-state index in [0.717, 1.165) is 5.69 Å². The van der Waals surface area contributed by atoms with E-state index in [4.69, 9.17) is 16.3 Å². The third-order valence-electron chi connectivity index (χ3n) is 3.35. The van der Waals surface area contributed by atoms with Crippen molar-refractivity contribution in [3.05, 3.63) is 71.6 Å². The Morgan fingerprint density at radius 1 is 1.08 bits per heavy atom. The van der Waals surface area contributed by atoms with Crippen LogP contribution in [0.2, 0.25) is 5.02 Å². The zero-order valence-electron chi connectivity index (χ0n) is 13.4. The molecular formula is C18H15ClN4O2. The van der Waals surface area contributed by atoms with Crippen LogP contribution in [0.25, 0.3) is 0 Å². The monoisotopic (exact) mass is 354 g/mol. The molecule has 3 rings (SSSR count). The number of aromatic nitrogens is 2. The Kier molecular flexibility index (Phi) is 5.11. The van der Waals surface area contributed by atoms with Gasteiger partial charge in [0.2, 0.25) is 0 Å². The third-order valence-corrected chi connectivity index (χ3v) is 3.59. The number of carbonyl (C=O) groups excluding carboxylic acids is 1. The maximum atomic E-state index is 12.4. The standard InChI is InChI=1S/C18H15ClN4O2/c1-25-16-8-3-2-7-14(16)23-17-10-15(20-11-21-17)18(24)22-13-6-4-5-12(19)9-13/h2-11H,1H3,(H,22,24)(H,20,21,23). The number of nitrogens with zero attached hydrogens (tertiary/aromatic N) is 2. The smallest absolute Gasteiger partial charge is 0.274 e. The van der Waals surface area contributed by atoms with Gasteiger partial charge in [0.25, 0.3) is 5.91 Å². The number of amides is 1. The maximum Gasteiger partial charge on any atom is 0.274 e. The second-order valence-electron chi connectivity index (χ2n) is 5.08. The molecule has 1 heterocycles. The van der Waals surface area contributed by atoms with Crippen molar-refractivity contribution in [2.45, 2.75) is 0 Å². The van der Waals surface area contributed by atoms with Crippen molar-refractivity contribution in [1.82, 2.24) is 9.97 Å². The van der Waals surface area contributed by atoms with Crippen LogP contribution in [0.15, 0.2) is 60.9 Å². The van der Waals surface area contributed by atoms with E-state index >= 15 is 0 Å². The fourth-order valence-corrected chi connectivity index (χ4v) is 2.39. The molecule has 0 saturated carbocycles. The zero-order chi connectivity index (χ0) is 17.6. The molecule has 0 spiro atoms. The van der Waals surface area contributed by atoms with E-state index in [0.29, 0.717) is 22.3 Å². The number of hydrogen-bond donors (Lipinski definition) is 2. The van der Waals surface area contributed by atoms with Crippen LogP contribution >= 0.6 is 11.6 Å². The number of anilines is 3. The van der Waals surface area contributed by atoms with Crippen molar-refractivity contribution >= 4 is 34.7 Å². The highest BCUT2D eigenvalue weighted by Crippen LogP contribution is 2.26. The van der Waals surface area contributed by atoms with E-state index in [-0.39, 0.29) is 11.6 Å². The Morgan fingerprint density at radius 3 is 2.72 bits per heavy atom. The van der Waals surface area contributed by atoms with Crippen LogP contribution in [-0.2, 0) is 0 Å². The van der Waals surface area contributed by atoms with Gasteiger partial charge in [-0.05, 0) is 30.3 Å². The molecular weight excluding hydrogens is 340 g/mol. The second kappa shape index (κ2) is 7.63. The molecule has 25 heavy (non-hydrogen) atoms. The summed E-state index contributed by atoms with van der Waals surface area (Å²) in [6.45, 7) is 0. The van der Waals surface area contributed by atoms with Crippen molar-refractivity contribution in [2.75, 3.05) is 17.7 Å². The number of hydrogen-bond acceptors (Lipinski definition) is 5. The average molecular weight is 355 g/mol. The number of para-hydroxylation sites is 2. The van der Waals surface area contributed by atoms with Gasteiger partial charge in [-0.15, -0.1) is 0 Å². The fraction of sp³-hybridized carbons (Fsp3) is 0.0556. The number of ether oxygens (including phenoxy) is 1. The van der Waals surface area contributed by atoms with Crippen LogP contribution in [-0.4, -0.2) is 23.0 Å². The summed E-state index contributed by atoms with van der Waals surface area (Å²) in [6.07, 6.45) is 1.32. The largest absolute Gasteiger partial charge is 0.495 e. The van der Waals surface area contributed by atoms with Crippen LogP contribution in [0, 0.1) is 0 Å². The summed E-state index contributed by atoms with van der Waals surface area (Å²) >= 11 is 5.92. The molecule has 6 nitrogen and oxygen atoms in total. The number of carbonyl (C=O) groups is 1. The molecule has 0 bridgehead atoms. The molecule has 126 valence electrons. The highest BCUT2D eigenvalue weighted by Gasteiger charge is 2.10. The molecule has 0 unspecified atom stereocenters. The molecule has 0 fully saturated rings. The van der Waals surface area contributed by atoms with Crippen LogP contribution in [0.1, 0.15) is 10.5 Å². The molecule has 2 aromatic carbocycles. The van der Waals surface area contributed by atoms with Crippen LogP contribution < -0.4 is 15.4 Å². The number of halogens is 1. The highest BCUT2D eigenvalue weighted by molar-refractivity contribution is 6.30. The summed E-state index contributed by atoms with van der Waals surface area (Å²) in [6, 6.07) is 15.9. The molecule has 0 radical (unpaired) electrons. The van der Waals surface area contributed by atoms with E-state index in [2.05, 4.69) is 20.6 Å². The molecule has 2 N–H and O–H groups in total. The summed E-state index contributed by atoms with van der Waals surface area (Å²) < 4.78 is 5.29. The number of benzene rings is 2. The minimum atomic E-state index is -0.354. The Labute approximate surface area is 149 Å². The summed E-state index contributed by atoms with van der Waals surface area (Å²) in [5, 5.41) is 6.40. The van der Waals surface area contributed by atoms with E-state index in [1.54, 1.807) is 37.4 Å². The maximum absolute atomic E-state index is 12.4. The molecule has 0 aliphatic heterocycles. The van der Waals surface area contributed by atoms with Crippen molar-refractivity contribution in [3.63, 3.8) is 0 Å². The molecule has 3 aromatic rings. The first-order valence-corrected chi connectivity index (χ1v) is 7.82. The molecule has 0 aliphatic rings. The molecule has 0 atom stereocenters. The van der Waals surface area contributed by atoms with Gasteiger partial charge in [-0.2, -0.15) is 0 Å². The minimum Gasteiger partial charge on any atom is -0.495 e. The molecule has 1 amide bonds. The average Bonchev–Trinajstić information content (AvgIpc) is 2.62. The summed E-state index contributed by atoms with van der Waals surface area (Å²) in [4.78, 5) is 20.5. The third kappa shape index (κ3) is 4.24. The quantitative estimate of drug-likeness (QED) is 0.720. The lowest BCUT2D eigenvalue weighted by atomic mass is 10.2. The SMILES string of the molecule is COc1ccccc1Nc1cc(C(=O)Nc2cccc(Cl)c2)ncn1. The van der Waals surface area contributed by atoms with E-state index in [1.165, 1.54) is 6.33 Å². The molecule has 0 saturated heterocycles. The Balaban J connectivity index is 1.78. The molecule has 1 aromatic heterocycles. The Hall–Kier alpha value is -3.12. The van der Waals surface area contributed by atoms with Crippen molar-refractivity contribution in [2.24, 2.45) is 0 Å². The Morgan fingerprint density at radius 2 is 1.92 bits per heavy atom. The van der Waals surface area contributed by atoms with Gasteiger partial charge in [0.15, 0.2) is 0 Å². The van der Waals surface area contributed by atoms with Gasteiger partial charge in [0, 0.05) is 16.8 Å². The Bertz CT molecular complexity index is 902. The predicted octanol–water partition coefficient (Wildman–Crippen LogP) is 4.13. The normalized spacial score (nSPS) is 10.2. The summed E-state index contributed by atoms with van der Waals surface area (Å²) in [5.74, 6) is 0.800. The van der Waals surface area contributed by atoms with Gasteiger partial charge in [-0.1, -0.05) is 29.8 Å². The van der Waals surface area contributed by atoms with Crippen LogP contribution in [0.4, 0.5) is 17.2 Å². The topological polar surface area (TPSA) is 76.1 Å². The number of methoxy groups -OCH3 is 1. The lowest BCUT2D eigenvalue weighted by molar-refractivity contribution is 0.102. The first kappa shape index (κ1) is 16.7. The lowest BCUT2D eigenvalue weighted by Crippen LogP contribution is -2.14. The number of nitrogens with one attached hydrogen (secondary N) is 2. The van der Waals surface area contributed by atoms with Gasteiger partial charge >= 0.3 is 0 Å². The first-order chi connectivity index (χ1) is 12.2. The predicted molar refractivity (Wildman–Crippen MR) is 97.7 cm³/mol. The number of rotatable bonds is 5. The van der Waals surface area contributed by atoms with Crippen molar-refractivity contribution in [3.8, 4) is 5.75 Å². The van der Waals surface area contributed by atoms with Gasteiger partial charge in [0.05, 0.1) is 12.8 Å². The highest BCUT2D eigenvalue weighted by atomic mass is 35.5. The van der Waals surface area contributed by atoms with Gasteiger partial charge < -0.3 is 15.4 Å². The zero-order valence-corrected chi connectivity index (χ0v) is 14.1. The van der Waals surface area contributed by atoms with Gasteiger partial charge in [-0.3, -0.25) is 4.79 Å². The minimum absolute atomic E-state index is 0.229. The lowest BCUT2D eigenvalue weighted by Gasteiger charge is -2.11. The van der Waals surface area contributed by atoms with Crippen molar-refractivity contribution < 1.29 is 9.53 Å². The van der Waals surface area contributed by atoms with Gasteiger partial charge in [0.1, 0.15) is 23.6 Å². The fourth-order valence-electron chi connectivity index (χ4n) is 2.20. The molecule has 7 heteroatoms. The van der Waals surface area contributed by atoms with E-state index in [9.17, 15) is 4.79 Å². The van der Waals surface area contributed by atoms with Gasteiger partial charge in [-0.25, -0.2) is 9.97 Å². The summed E-state index contributed by atoms with van der Waals surface area (Å²) in [5.41, 5.74) is 1.56. The van der Waals surface area contributed by atoms with Crippen LogP contribution in [0.3, 0.4) is 0 Å². The van der Waals surface area contributed by atoms with E-state index < -0.39 is 0 Å². The first-order valence-electron chi connectivity index (χ1n) is 7.45. The second-order valence-corrected chi connectivity index (χ2v) is 5.51. The summed E-state index contributed by atoms with van der Waals surface area (Å²) in [7, 11) is 1.59. The van der Waals surface area contributed by atoms with Crippen LogP contribution in [0.5, 0.6) is 5.75 Å². The van der Waals surface area contributed by atoms with Crippen molar-refractivity contribution in [1.29, 1.82) is 0 Å².